The largest absolute Gasteiger partial charge is 0.326 e. The maximum Gasteiger partial charge on any atom is 0.0486 e. The molecule has 0 saturated carbocycles. The number of nitrogens with zero attached hydrogens (tertiary/aromatic N) is 1. The van der Waals surface area contributed by atoms with Crippen LogP contribution in [0.15, 0.2) is 24.3 Å². The van der Waals surface area contributed by atoms with Crippen molar-refractivity contribution in [3.63, 3.8) is 0 Å². The van der Waals surface area contributed by atoms with Crippen LogP contribution in [0.4, 0.5) is 0 Å². The Labute approximate surface area is 103 Å². The second kappa shape index (κ2) is 4.38. The number of rotatable bonds is 2. The number of aryl methyl sites for hydroxylation is 3. The Morgan fingerprint density at radius 2 is 1.76 bits per heavy atom. The van der Waals surface area contributed by atoms with Gasteiger partial charge in [0.15, 0.2) is 0 Å². The van der Waals surface area contributed by atoms with Crippen LogP contribution in [0, 0.1) is 27.7 Å². The first-order valence-corrected chi connectivity index (χ1v) is 6.00. The van der Waals surface area contributed by atoms with E-state index in [1.807, 2.05) is 0 Å². The van der Waals surface area contributed by atoms with Crippen LogP contribution in [0.2, 0.25) is 0 Å². The average molecular weight is 228 g/mol. The van der Waals surface area contributed by atoms with E-state index in [0.29, 0.717) is 6.54 Å². The van der Waals surface area contributed by atoms with Crippen LogP contribution in [0.1, 0.15) is 28.1 Å². The molecule has 0 bridgehead atoms. The normalized spacial score (nSPS) is 10.9. The highest BCUT2D eigenvalue weighted by Crippen LogP contribution is 2.23. The molecule has 2 N–H and O–H groups in total. The minimum Gasteiger partial charge on any atom is -0.326 e. The first-order valence-electron chi connectivity index (χ1n) is 6.00. The van der Waals surface area contributed by atoms with Gasteiger partial charge in [0.05, 0.1) is 0 Å². The van der Waals surface area contributed by atoms with Gasteiger partial charge in [-0.25, -0.2) is 0 Å². The molecule has 0 aliphatic rings. The van der Waals surface area contributed by atoms with Gasteiger partial charge in [0.1, 0.15) is 0 Å². The van der Waals surface area contributed by atoms with Crippen molar-refractivity contribution in [2.75, 3.05) is 0 Å². The summed E-state index contributed by atoms with van der Waals surface area (Å²) in [5, 5.41) is 0. The Kier molecular flexibility index (Phi) is 3.07. The van der Waals surface area contributed by atoms with Gasteiger partial charge in [-0.05, 0) is 56.5 Å². The molecule has 1 heterocycles. The molecule has 0 spiro atoms. The molecule has 2 heteroatoms. The highest BCUT2D eigenvalue weighted by atomic mass is 15.0. The summed E-state index contributed by atoms with van der Waals surface area (Å²) in [6, 6.07) is 8.73. The SMILES string of the molecule is Cc1ccc(C)c(-n2c(C)cc(CN)c2C)c1. The Balaban J connectivity index is 2.68. The van der Waals surface area contributed by atoms with Crippen LogP contribution in [-0.4, -0.2) is 4.57 Å². The molecule has 0 saturated heterocycles. The maximum absolute atomic E-state index is 5.77. The van der Waals surface area contributed by atoms with Crippen molar-refractivity contribution in [1.82, 2.24) is 4.57 Å². The summed E-state index contributed by atoms with van der Waals surface area (Å²) in [4.78, 5) is 0. The van der Waals surface area contributed by atoms with Gasteiger partial charge in [0.2, 0.25) is 0 Å². The maximum atomic E-state index is 5.77. The van der Waals surface area contributed by atoms with E-state index in [1.165, 1.54) is 33.8 Å². The number of nitrogens with two attached hydrogens (primary N) is 1. The van der Waals surface area contributed by atoms with E-state index in [1.54, 1.807) is 0 Å². The highest BCUT2D eigenvalue weighted by molar-refractivity contribution is 5.48. The van der Waals surface area contributed by atoms with E-state index in [9.17, 15) is 0 Å². The quantitative estimate of drug-likeness (QED) is 0.841. The first-order chi connectivity index (χ1) is 8.04. The molecule has 90 valence electrons. The Morgan fingerprint density at radius 3 is 2.35 bits per heavy atom. The van der Waals surface area contributed by atoms with E-state index in [4.69, 9.17) is 5.73 Å². The van der Waals surface area contributed by atoms with Crippen molar-refractivity contribution in [2.45, 2.75) is 34.2 Å². The molecule has 2 nitrogen and oxygen atoms in total. The Morgan fingerprint density at radius 1 is 1.06 bits per heavy atom. The van der Waals surface area contributed by atoms with Crippen LogP contribution in [0.5, 0.6) is 0 Å². The Hall–Kier alpha value is -1.54. The summed E-state index contributed by atoms with van der Waals surface area (Å²) in [6.45, 7) is 9.14. The third-order valence-corrected chi connectivity index (χ3v) is 3.36. The smallest absolute Gasteiger partial charge is 0.0486 e. The number of aromatic nitrogens is 1. The third-order valence-electron chi connectivity index (χ3n) is 3.36. The molecule has 1 aromatic carbocycles. The summed E-state index contributed by atoms with van der Waals surface area (Å²) < 4.78 is 2.30. The molecule has 0 aliphatic heterocycles. The molecule has 17 heavy (non-hydrogen) atoms. The second-order valence-electron chi connectivity index (χ2n) is 4.73. The zero-order valence-electron chi connectivity index (χ0n) is 11.0. The third kappa shape index (κ3) is 2.01. The van der Waals surface area contributed by atoms with Crippen molar-refractivity contribution >= 4 is 0 Å². The lowest BCUT2D eigenvalue weighted by atomic mass is 10.1. The van der Waals surface area contributed by atoms with Crippen LogP contribution in [-0.2, 0) is 6.54 Å². The lowest BCUT2D eigenvalue weighted by Gasteiger charge is -2.13. The first kappa shape index (κ1) is 11.9. The van der Waals surface area contributed by atoms with Crippen LogP contribution in [0.25, 0.3) is 5.69 Å². The molecule has 0 fully saturated rings. The molecule has 0 unspecified atom stereocenters. The zero-order valence-corrected chi connectivity index (χ0v) is 11.0. The number of benzene rings is 1. The molecular formula is C15H20N2. The monoisotopic (exact) mass is 228 g/mol. The lowest BCUT2D eigenvalue weighted by Crippen LogP contribution is -2.03. The standard InChI is InChI=1S/C15H20N2/c1-10-5-6-11(2)15(7-10)17-12(3)8-14(9-16)13(17)4/h5-8H,9,16H2,1-4H3. The number of hydrogen-bond acceptors (Lipinski definition) is 1. The summed E-state index contributed by atoms with van der Waals surface area (Å²) in [7, 11) is 0. The fraction of sp³-hybridized carbons (Fsp3) is 0.333. The van der Waals surface area contributed by atoms with Crippen LogP contribution in [0.3, 0.4) is 0 Å². The van der Waals surface area contributed by atoms with E-state index in [2.05, 4.69) is 56.5 Å². The van der Waals surface area contributed by atoms with Crippen molar-refractivity contribution in [3.8, 4) is 5.69 Å². The predicted molar refractivity (Wildman–Crippen MR) is 72.6 cm³/mol. The summed E-state index contributed by atoms with van der Waals surface area (Å²) >= 11 is 0. The molecule has 0 atom stereocenters. The zero-order chi connectivity index (χ0) is 12.6. The van der Waals surface area contributed by atoms with Gasteiger partial charge in [0, 0.05) is 23.6 Å². The fourth-order valence-corrected chi connectivity index (χ4v) is 2.37. The predicted octanol–water partition coefficient (Wildman–Crippen LogP) is 3.17. The van der Waals surface area contributed by atoms with Crippen molar-refractivity contribution < 1.29 is 0 Å². The van der Waals surface area contributed by atoms with Gasteiger partial charge in [0.25, 0.3) is 0 Å². The lowest BCUT2D eigenvalue weighted by molar-refractivity contribution is 0.933. The topological polar surface area (TPSA) is 30.9 Å². The molecule has 0 aliphatic carbocycles. The fourth-order valence-electron chi connectivity index (χ4n) is 2.37. The summed E-state index contributed by atoms with van der Waals surface area (Å²) in [6.07, 6.45) is 0. The molecule has 1 aromatic heterocycles. The minimum absolute atomic E-state index is 0.602. The molecular weight excluding hydrogens is 208 g/mol. The van der Waals surface area contributed by atoms with E-state index in [0.717, 1.165) is 0 Å². The van der Waals surface area contributed by atoms with Crippen molar-refractivity contribution in [1.29, 1.82) is 0 Å². The van der Waals surface area contributed by atoms with Gasteiger partial charge in [-0.2, -0.15) is 0 Å². The van der Waals surface area contributed by atoms with Gasteiger partial charge >= 0.3 is 0 Å². The molecule has 2 aromatic rings. The van der Waals surface area contributed by atoms with Gasteiger partial charge in [-0.3, -0.25) is 0 Å². The number of hydrogen-bond donors (Lipinski definition) is 1. The highest BCUT2D eigenvalue weighted by Gasteiger charge is 2.11. The summed E-state index contributed by atoms with van der Waals surface area (Å²) in [5.74, 6) is 0. The van der Waals surface area contributed by atoms with Gasteiger partial charge in [-0.15, -0.1) is 0 Å². The van der Waals surface area contributed by atoms with E-state index < -0.39 is 0 Å². The summed E-state index contributed by atoms with van der Waals surface area (Å²) in [5.41, 5.74) is 13.3. The van der Waals surface area contributed by atoms with Crippen LogP contribution >= 0.6 is 0 Å². The average Bonchev–Trinajstić information content (AvgIpc) is 2.58. The molecule has 2 rings (SSSR count). The van der Waals surface area contributed by atoms with Crippen molar-refractivity contribution in [3.05, 3.63) is 52.3 Å². The second-order valence-corrected chi connectivity index (χ2v) is 4.73. The minimum atomic E-state index is 0.602. The van der Waals surface area contributed by atoms with Gasteiger partial charge in [-0.1, -0.05) is 12.1 Å². The van der Waals surface area contributed by atoms with E-state index >= 15 is 0 Å². The molecule has 0 radical (unpaired) electrons. The van der Waals surface area contributed by atoms with Crippen molar-refractivity contribution in [2.24, 2.45) is 5.73 Å². The van der Waals surface area contributed by atoms with Gasteiger partial charge < -0.3 is 10.3 Å². The van der Waals surface area contributed by atoms with Crippen LogP contribution < -0.4 is 5.73 Å². The molecule has 0 amide bonds. The van der Waals surface area contributed by atoms with E-state index in [-0.39, 0.29) is 0 Å². The Bertz CT molecular complexity index is 550.